The summed E-state index contributed by atoms with van der Waals surface area (Å²) in [7, 11) is -0.732. The van der Waals surface area contributed by atoms with E-state index in [0.717, 1.165) is 0 Å². The predicted octanol–water partition coefficient (Wildman–Crippen LogP) is 4.08. The van der Waals surface area contributed by atoms with Crippen LogP contribution in [0.3, 0.4) is 0 Å². The van der Waals surface area contributed by atoms with Crippen LogP contribution in [0.25, 0.3) is 0 Å². The molecule has 0 aliphatic rings. The van der Waals surface area contributed by atoms with Crippen molar-refractivity contribution in [1.82, 2.24) is 0 Å². The molecule has 0 saturated heterocycles. The smallest absolute Gasteiger partial charge is 0.0926 e. The van der Waals surface area contributed by atoms with Gasteiger partial charge in [0.1, 0.15) is 0 Å². The molecular weight excluding hydrogens is 251 g/mol. The van der Waals surface area contributed by atoms with Crippen LogP contribution in [0.1, 0.15) is 25.0 Å². The van der Waals surface area contributed by atoms with E-state index in [9.17, 15) is 0 Å². The maximum absolute atomic E-state index is 6.25. The van der Waals surface area contributed by atoms with Crippen molar-refractivity contribution in [3.05, 3.63) is 59.7 Å². The molecule has 0 fully saturated rings. The number of rotatable bonds is 4. The molecule has 2 rings (SSSR count). The fraction of sp³-hybridized carbons (Fsp3) is 0.294. The lowest BCUT2D eigenvalue weighted by atomic mass is 10.2. The first-order valence-electron chi connectivity index (χ1n) is 6.67. The Morgan fingerprint density at radius 1 is 0.789 bits per heavy atom. The molecule has 0 atom stereocenters. The van der Waals surface area contributed by atoms with Crippen molar-refractivity contribution >= 4 is 18.8 Å². The Morgan fingerprint density at radius 2 is 1.21 bits per heavy atom. The lowest BCUT2D eigenvalue weighted by Crippen LogP contribution is -2.20. The van der Waals surface area contributed by atoms with Gasteiger partial charge in [0.25, 0.3) is 0 Å². The van der Waals surface area contributed by atoms with Crippen molar-refractivity contribution in [2.75, 3.05) is 0 Å². The molecule has 100 valence electrons. The summed E-state index contributed by atoms with van der Waals surface area (Å²) in [5, 5.41) is 2.64. The highest BCUT2D eigenvalue weighted by atomic mass is 31.1. The van der Waals surface area contributed by atoms with Crippen LogP contribution in [0, 0.1) is 13.8 Å². The van der Waals surface area contributed by atoms with Crippen LogP contribution in [0.5, 0.6) is 0 Å². The van der Waals surface area contributed by atoms with E-state index in [1.165, 1.54) is 21.7 Å². The van der Waals surface area contributed by atoms with Crippen molar-refractivity contribution in [2.45, 2.75) is 33.8 Å². The molecule has 0 aliphatic carbocycles. The molecule has 0 amide bonds. The van der Waals surface area contributed by atoms with Gasteiger partial charge in [-0.25, -0.2) is 0 Å². The van der Waals surface area contributed by atoms with Gasteiger partial charge in [-0.1, -0.05) is 48.5 Å². The van der Waals surface area contributed by atoms with E-state index in [-0.39, 0.29) is 6.10 Å². The van der Waals surface area contributed by atoms with E-state index in [0.29, 0.717) is 0 Å². The monoisotopic (exact) mass is 272 g/mol. The van der Waals surface area contributed by atoms with Crippen molar-refractivity contribution in [3.63, 3.8) is 0 Å². The van der Waals surface area contributed by atoms with Crippen molar-refractivity contribution in [1.29, 1.82) is 0 Å². The normalized spacial score (nSPS) is 11.3. The molecule has 2 aromatic carbocycles. The first-order valence-corrected chi connectivity index (χ1v) is 7.93. The van der Waals surface area contributed by atoms with Gasteiger partial charge in [0.05, 0.1) is 14.3 Å². The summed E-state index contributed by atoms with van der Waals surface area (Å²) >= 11 is 0. The average molecular weight is 272 g/mol. The van der Waals surface area contributed by atoms with Crippen LogP contribution in [0.4, 0.5) is 0 Å². The lowest BCUT2D eigenvalue weighted by Gasteiger charge is -2.23. The van der Waals surface area contributed by atoms with Crippen molar-refractivity contribution < 1.29 is 4.52 Å². The Balaban J connectivity index is 2.48. The number of benzene rings is 2. The minimum absolute atomic E-state index is 0.227. The Kier molecular flexibility index (Phi) is 4.74. The van der Waals surface area contributed by atoms with Gasteiger partial charge in [-0.2, -0.15) is 0 Å². The second kappa shape index (κ2) is 6.32. The molecule has 0 saturated carbocycles. The standard InChI is InChI=1S/C17H21OP/c1-13(2)18-19(16-11-7-5-9-14(16)3)17-12-8-6-10-15(17)4/h5-13H,1-4H3. The summed E-state index contributed by atoms with van der Waals surface area (Å²) in [5.41, 5.74) is 2.61. The van der Waals surface area contributed by atoms with E-state index in [1.807, 2.05) is 0 Å². The molecule has 1 nitrogen and oxygen atoms in total. The highest BCUT2D eigenvalue weighted by Crippen LogP contribution is 2.38. The minimum atomic E-state index is -0.732. The minimum Gasteiger partial charge on any atom is -0.347 e. The number of hydrogen-bond acceptors (Lipinski definition) is 1. The Morgan fingerprint density at radius 3 is 1.58 bits per heavy atom. The molecule has 0 bridgehead atoms. The summed E-state index contributed by atoms with van der Waals surface area (Å²) < 4.78 is 6.25. The van der Waals surface area contributed by atoms with Crippen LogP contribution in [-0.4, -0.2) is 6.10 Å². The summed E-state index contributed by atoms with van der Waals surface area (Å²) in [6.07, 6.45) is 0.227. The molecular formula is C17H21OP. The van der Waals surface area contributed by atoms with Crippen LogP contribution in [-0.2, 0) is 4.52 Å². The van der Waals surface area contributed by atoms with Gasteiger partial charge in [-0.15, -0.1) is 0 Å². The predicted molar refractivity (Wildman–Crippen MR) is 84.8 cm³/mol. The van der Waals surface area contributed by atoms with E-state index in [1.54, 1.807) is 0 Å². The SMILES string of the molecule is Cc1ccccc1P(OC(C)C)c1ccccc1C. The average Bonchev–Trinajstić information content (AvgIpc) is 2.37. The molecule has 2 aromatic rings. The zero-order chi connectivity index (χ0) is 13.8. The maximum Gasteiger partial charge on any atom is 0.0926 e. The Hall–Kier alpha value is -1.17. The van der Waals surface area contributed by atoms with Gasteiger partial charge in [0, 0.05) is 10.6 Å². The highest BCUT2D eigenvalue weighted by Gasteiger charge is 2.19. The number of aryl methyl sites for hydroxylation is 2. The van der Waals surface area contributed by atoms with Gasteiger partial charge in [-0.3, -0.25) is 0 Å². The van der Waals surface area contributed by atoms with Gasteiger partial charge in [0.15, 0.2) is 0 Å². The van der Waals surface area contributed by atoms with Crippen molar-refractivity contribution in [3.8, 4) is 0 Å². The molecule has 2 heteroatoms. The maximum atomic E-state index is 6.25. The second-order valence-corrected chi connectivity index (χ2v) is 6.78. The summed E-state index contributed by atoms with van der Waals surface area (Å²) in [5.74, 6) is 0. The molecule has 0 aromatic heterocycles. The summed E-state index contributed by atoms with van der Waals surface area (Å²) in [4.78, 5) is 0. The van der Waals surface area contributed by atoms with Crippen LogP contribution in [0.2, 0.25) is 0 Å². The molecule has 0 spiro atoms. The fourth-order valence-corrected chi connectivity index (χ4v) is 4.18. The van der Waals surface area contributed by atoms with Crippen LogP contribution in [0.15, 0.2) is 48.5 Å². The zero-order valence-electron chi connectivity index (χ0n) is 12.1. The largest absolute Gasteiger partial charge is 0.347 e. The van der Waals surface area contributed by atoms with Crippen LogP contribution < -0.4 is 10.6 Å². The fourth-order valence-electron chi connectivity index (χ4n) is 2.04. The van der Waals surface area contributed by atoms with Crippen LogP contribution >= 0.6 is 8.15 Å². The summed E-state index contributed by atoms with van der Waals surface area (Å²) in [6.45, 7) is 8.52. The van der Waals surface area contributed by atoms with E-state index in [2.05, 4.69) is 76.2 Å². The van der Waals surface area contributed by atoms with Gasteiger partial charge < -0.3 is 4.52 Å². The second-order valence-electron chi connectivity index (χ2n) is 5.02. The third kappa shape index (κ3) is 3.43. The molecule has 0 aliphatic heterocycles. The third-order valence-corrected chi connectivity index (χ3v) is 5.50. The highest BCUT2D eigenvalue weighted by molar-refractivity contribution is 7.68. The molecule has 0 radical (unpaired) electrons. The van der Waals surface area contributed by atoms with Gasteiger partial charge >= 0.3 is 0 Å². The summed E-state index contributed by atoms with van der Waals surface area (Å²) in [6, 6.07) is 17.1. The lowest BCUT2D eigenvalue weighted by molar-refractivity contribution is 0.277. The molecule has 0 unspecified atom stereocenters. The molecule has 0 heterocycles. The Bertz CT molecular complexity index is 503. The quantitative estimate of drug-likeness (QED) is 0.762. The van der Waals surface area contributed by atoms with E-state index < -0.39 is 8.15 Å². The number of hydrogen-bond donors (Lipinski definition) is 0. The van der Waals surface area contributed by atoms with E-state index in [4.69, 9.17) is 4.52 Å². The third-order valence-electron chi connectivity index (χ3n) is 2.98. The van der Waals surface area contributed by atoms with Crippen molar-refractivity contribution in [2.24, 2.45) is 0 Å². The topological polar surface area (TPSA) is 9.23 Å². The molecule has 0 N–H and O–H groups in total. The van der Waals surface area contributed by atoms with Gasteiger partial charge in [0.2, 0.25) is 0 Å². The first kappa shape index (κ1) is 14.2. The van der Waals surface area contributed by atoms with Gasteiger partial charge in [-0.05, 0) is 38.8 Å². The zero-order valence-corrected chi connectivity index (χ0v) is 12.9. The van der Waals surface area contributed by atoms with E-state index >= 15 is 0 Å². The Labute approximate surface area is 117 Å². The molecule has 19 heavy (non-hydrogen) atoms. The first-order chi connectivity index (χ1) is 9.09.